The quantitative estimate of drug-likeness (QED) is 0.488. The molecule has 4 rings (SSSR count). The summed E-state index contributed by atoms with van der Waals surface area (Å²) in [6.45, 7) is 4.32. The molecular formula is C18H20N4O3S. The second-order valence-electron chi connectivity index (χ2n) is 6.45. The summed E-state index contributed by atoms with van der Waals surface area (Å²) in [7, 11) is 1.79. The van der Waals surface area contributed by atoms with Crippen LogP contribution in [0, 0.1) is 6.92 Å². The summed E-state index contributed by atoms with van der Waals surface area (Å²) in [5.41, 5.74) is 2.50. The molecule has 0 radical (unpaired) electrons. The Balaban J connectivity index is 1.86. The van der Waals surface area contributed by atoms with Crippen LogP contribution in [-0.2, 0) is 11.2 Å². The molecule has 0 bridgehead atoms. The summed E-state index contributed by atoms with van der Waals surface area (Å²) in [4.78, 5) is 21.9. The van der Waals surface area contributed by atoms with Crippen molar-refractivity contribution in [2.24, 2.45) is 7.05 Å². The highest BCUT2D eigenvalue weighted by molar-refractivity contribution is 7.90. The molecule has 0 amide bonds. The Kier molecular flexibility index (Phi) is 4.46. The lowest BCUT2D eigenvalue weighted by Gasteiger charge is -2.12. The Morgan fingerprint density at radius 2 is 2.08 bits per heavy atom. The Bertz CT molecular complexity index is 1020. The van der Waals surface area contributed by atoms with E-state index in [-0.39, 0.29) is 5.56 Å². The minimum Gasteiger partial charge on any atom is -0.396 e. The van der Waals surface area contributed by atoms with E-state index in [4.69, 9.17) is 8.37 Å². The molecule has 26 heavy (non-hydrogen) atoms. The third-order valence-corrected chi connectivity index (χ3v) is 5.01. The first kappa shape index (κ1) is 17.1. The fraction of sp³-hybridized carbons (Fsp3) is 0.389. The first-order valence-electron chi connectivity index (χ1n) is 8.61. The van der Waals surface area contributed by atoms with E-state index in [9.17, 15) is 4.79 Å². The van der Waals surface area contributed by atoms with E-state index in [1.54, 1.807) is 17.9 Å². The van der Waals surface area contributed by atoms with Gasteiger partial charge in [0.2, 0.25) is 12.3 Å². The van der Waals surface area contributed by atoms with Gasteiger partial charge in [0, 0.05) is 19.4 Å². The molecule has 1 aliphatic carbocycles. The van der Waals surface area contributed by atoms with Crippen LogP contribution in [0.4, 0.5) is 0 Å². The molecule has 3 aromatic rings. The molecule has 0 aliphatic heterocycles. The summed E-state index contributed by atoms with van der Waals surface area (Å²) in [5.74, 6) is 1.48. The second-order valence-corrected chi connectivity index (χ2v) is 6.99. The maximum absolute atomic E-state index is 13.0. The molecule has 0 saturated heterocycles. The molecule has 3 heterocycles. The van der Waals surface area contributed by atoms with Gasteiger partial charge in [-0.2, -0.15) is 4.68 Å². The van der Waals surface area contributed by atoms with Gasteiger partial charge < -0.3 is 4.18 Å². The van der Waals surface area contributed by atoms with Gasteiger partial charge in [-0.1, -0.05) is 0 Å². The van der Waals surface area contributed by atoms with Crippen molar-refractivity contribution in [1.29, 1.82) is 0 Å². The monoisotopic (exact) mass is 372 g/mol. The SMILES string of the molecule is CCOSOc1cc(C2CC2)cnc1-n1c(=O)c2cc(C)cnc2n1C. The highest BCUT2D eigenvalue weighted by atomic mass is 32.2. The Hall–Kier alpha value is -2.32. The maximum Gasteiger partial charge on any atom is 0.282 e. The van der Waals surface area contributed by atoms with Crippen molar-refractivity contribution in [2.45, 2.75) is 32.6 Å². The van der Waals surface area contributed by atoms with Crippen LogP contribution >= 0.6 is 12.3 Å². The largest absolute Gasteiger partial charge is 0.396 e. The molecule has 3 aromatic heterocycles. The van der Waals surface area contributed by atoms with Crippen LogP contribution < -0.4 is 9.74 Å². The molecule has 0 unspecified atom stereocenters. The maximum atomic E-state index is 13.0. The van der Waals surface area contributed by atoms with Gasteiger partial charge in [0.15, 0.2) is 17.2 Å². The van der Waals surface area contributed by atoms with Crippen LogP contribution in [0.15, 0.2) is 29.3 Å². The smallest absolute Gasteiger partial charge is 0.282 e. The number of pyridine rings is 2. The van der Waals surface area contributed by atoms with Crippen molar-refractivity contribution in [2.75, 3.05) is 6.61 Å². The molecule has 8 heteroatoms. The third kappa shape index (κ3) is 2.99. The van der Waals surface area contributed by atoms with Crippen LogP contribution in [-0.4, -0.2) is 25.9 Å². The zero-order chi connectivity index (χ0) is 18.3. The van der Waals surface area contributed by atoms with Crippen molar-refractivity contribution in [3.63, 3.8) is 0 Å². The molecule has 0 aromatic carbocycles. The zero-order valence-corrected chi connectivity index (χ0v) is 15.7. The molecule has 7 nitrogen and oxygen atoms in total. The lowest BCUT2D eigenvalue weighted by Crippen LogP contribution is -2.21. The van der Waals surface area contributed by atoms with Gasteiger partial charge in [0.05, 0.1) is 12.0 Å². The lowest BCUT2D eigenvalue weighted by atomic mass is 10.2. The van der Waals surface area contributed by atoms with Crippen LogP contribution in [0.3, 0.4) is 0 Å². The highest BCUT2D eigenvalue weighted by Crippen LogP contribution is 2.41. The summed E-state index contributed by atoms with van der Waals surface area (Å²) in [5, 5.41) is 0.559. The summed E-state index contributed by atoms with van der Waals surface area (Å²) in [6, 6.07) is 3.80. The zero-order valence-electron chi connectivity index (χ0n) is 14.9. The van der Waals surface area contributed by atoms with Crippen LogP contribution in [0.1, 0.15) is 36.8 Å². The van der Waals surface area contributed by atoms with Gasteiger partial charge in [-0.05, 0) is 55.9 Å². The topological polar surface area (TPSA) is 71.2 Å². The Morgan fingerprint density at radius 3 is 2.81 bits per heavy atom. The van der Waals surface area contributed by atoms with Gasteiger partial charge in [-0.15, -0.1) is 0 Å². The van der Waals surface area contributed by atoms with Gasteiger partial charge in [0.1, 0.15) is 0 Å². The number of aryl methyl sites for hydroxylation is 2. The lowest BCUT2D eigenvalue weighted by molar-refractivity contribution is 0.368. The standard InChI is InChI=1S/C18H20N4O3S/c1-4-24-26-25-15-8-13(12-5-6-12)10-20-17(15)22-18(23)14-7-11(2)9-19-16(14)21(22)3/h7-10,12H,4-6H2,1-3H3. The van der Waals surface area contributed by atoms with Crippen molar-refractivity contribution in [1.82, 2.24) is 19.3 Å². The van der Waals surface area contributed by atoms with E-state index in [0.29, 0.717) is 35.1 Å². The number of rotatable bonds is 6. The molecule has 1 fully saturated rings. The molecule has 1 aliphatic rings. The second kappa shape index (κ2) is 6.77. The van der Waals surface area contributed by atoms with Crippen molar-refractivity contribution < 1.29 is 8.37 Å². The van der Waals surface area contributed by atoms with Crippen molar-refractivity contribution in [3.05, 3.63) is 46.0 Å². The molecule has 0 atom stereocenters. The average Bonchev–Trinajstić information content (AvgIpc) is 3.44. The number of hydrogen-bond donors (Lipinski definition) is 0. The number of hydrogen-bond acceptors (Lipinski definition) is 6. The fourth-order valence-electron chi connectivity index (χ4n) is 2.98. The first-order chi connectivity index (χ1) is 12.6. The Morgan fingerprint density at radius 1 is 1.27 bits per heavy atom. The minimum atomic E-state index is -0.170. The van der Waals surface area contributed by atoms with E-state index in [1.165, 1.54) is 4.68 Å². The number of aromatic nitrogens is 4. The normalized spacial score (nSPS) is 14.1. The van der Waals surface area contributed by atoms with Gasteiger partial charge >= 0.3 is 0 Å². The van der Waals surface area contributed by atoms with Crippen LogP contribution in [0.2, 0.25) is 0 Å². The van der Waals surface area contributed by atoms with Crippen molar-refractivity contribution >= 4 is 23.4 Å². The number of fused-ring (bicyclic) bond motifs is 1. The third-order valence-electron chi connectivity index (χ3n) is 4.43. The highest BCUT2D eigenvalue weighted by Gasteiger charge is 2.26. The minimum absolute atomic E-state index is 0.170. The Labute approximate surface area is 155 Å². The predicted molar refractivity (Wildman–Crippen MR) is 101 cm³/mol. The predicted octanol–water partition coefficient (Wildman–Crippen LogP) is 3.28. The summed E-state index contributed by atoms with van der Waals surface area (Å²) in [6.07, 6.45) is 5.90. The molecule has 136 valence electrons. The molecule has 0 spiro atoms. The van der Waals surface area contributed by atoms with Crippen LogP contribution in [0.25, 0.3) is 16.9 Å². The van der Waals surface area contributed by atoms with E-state index >= 15 is 0 Å². The molecule has 1 saturated carbocycles. The van der Waals surface area contributed by atoms with Gasteiger partial charge in [0.25, 0.3) is 5.56 Å². The van der Waals surface area contributed by atoms with E-state index in [1.807, 2.05) is 32.2 Å². The van der Waals surface area contributed by atoms with Gasteiger partial charge in [-0.25, -0.2) is 9.97 Å². The average molecular weight is 372 g/mol. The van der Waals surface area contributed by atoms with E-state index in [2.05, 4.69) is 9.97 Å². The summed E-state index contributed by atoms with van der Waals surface area (Å²) >= 11 is 0.897. The summed E-state index contributed by atoms with van der Waals surface area (Å²) < 4.78 is 14.2. The fourth-order valence-corrected chi connectivity index (χ4v) is 3.32. The van der Waals surface area contributed by atoms with Crippen LogP contribution in [0.5, 0.6) is 5.75 Å². The first-order valence-corrected chi connectivity index (χ1v) is 9.27. The molecule has 0 N–H and O–H groups in total. The van der Waals surface area contributed by atoms with E-state index in [0.717, 1.165) is 36.3 Å². The molecular weight excluding hydrogens is 352 g/mol. The number of nitrogens with zero attached hydrogens (tertiary/aromatic N) is 4. The van der Waals surface area contributed by atoms with E-state index < -0.39 is 0 Å². The van der Waals surface area contributed by atoms with Gasteiger partial charge in [-0.3, -0.25) is 13.7 Å². The van der Waals surface area contributed by atoms with Crippen molar-refractivity contribution in [3.8, 4) is 11.6 Å².